The maximum absolute atomic E-state index is 3.54. The standard InChI is InChI=1S/C14H29N/c1-5-12-7-8-13(10-12)14(15-4)9-6-11(2)3/h11-15H,5-10H2,1-4H3. The summed E-state index contributed by atoms with van der Waals surface area (Å²) in [6, 6.07) is 0.781. The highest BCUT2D eigenvalue weighted by molar-refractivity contribution is 4.83. The number of hydrogen-bond donors (Lipinski definition) is 1. The van der Waals surface area contributed by atoms with Crippen LogP contribution in [0, 0.1) is 17.8 Å². The van der Waals surface area contributed by atoms with Crippen LogP contribution in [0.1, 0.15) is 59.3 Å². The van der Waals surface area contributed by atoms with Crippen LogP contribution in [0.2, 0.25) is 0 Å². The molecule has 1 fully saturated rings. The zero-order valence-electron chi connectivity index (χ0n) is 11.1. The SMILES string of the molecule is CCC1CCC(C(CCC(C)C)NC)C1. The van der Waals surface area contributed by atoms with Crippen molar-refractivity contribution < 1.29 is 0 Å². The lowest BCUT2D eigenvalue weighted by molar-refractivity contribution is 0.327. The molecule has 3 unspecified atom stereocenters. The Kier molecular flexibility index (Phi) is 5.66. The molecule has 1 saturated carbocycles. The predicted octanol–water partition coefficient (Wildman–Crippen LogP) is 3.84. The van der Waals surface area contributed by atoms with E-state index in [2.05, 4.69) is 33.1 Å². The van der Waals surface area contributed by atoms with Crippen molar-refractivity contribution >= 4 is 0 Å². The van der Waals surface area contributed by atoms with Crippen molar-refractivity contribution in [2.24, 2.45) is 17.8 Å². The van der Waals surface area contributed by atoms with Crippen LogP contribution in [-0.4, -0.2) is 13.1 Å². The third kappa shape index (κ3) is 4.14. The summed E-state index contributed by atoms with van der Waals surface area (Å²) in [4.78, 5) is 0. The van der Waals surface area contributed by atoms with Gasteiger partial charge in [-0.05, 0) is 50.5 Å². The van der Waals surface area contributed by atoms with Crippen LogP contribution < -0.4 is 5.32 Å². The fourth-order valence-corrected chi connectivity index (χ4v) is 2.98. The molecule has 0 heterocycles. The molecular formula is C14H29N. The molecule has 1 nitrogen and oxygen atoms in total. The molecule has 3 atom stereocenters. The Hall–Kier alpha value is -0.0400. The molecule has 0 bridgehead atoms. The van der Waals surface area contributed by atoms with Crippen molar-refractivity contribution in [1.29, 1.82) is 0 Å². The summed E-state index contributed by atoms with van der Waals surface area (Å²) in [7, 11) is 2.14. The van der Waals surface area contributed by atoms with Gasteiger partial charge in [-0.1, -0.05) is 33.6 Å². The summed E-state index contributed by atoms with van der Waals surface area (Å²) in [5.41, 5.74) is 0. The average molecular weight is 211 g/mol. The first-order chi connectivity index (χ1) is 7.17. The minimum atomic E-state index is 0.781. The Bertz CT molecular complexity index is 165. The molecule has 0 aromatic heterocycles. The Labute approximate surface area is 96.0 Å². The molecule has 0 aromatic rings. The summed E-state index contributed by atoms with van der Waals surface area (Å²) in [6.45, 7) is 7.00. The summed E-state index contributed by atoms with van der Waals surface area (Å²) in [5.74, 6) is 2.83. The molecule has 1 aliphatic rings. The van der Waals surface area contributed by atoms with Gasteiger partial charge in [0.25, 0.3) is 0 Å². The third-order valence-electron chi connectivity index (χ3n) is 4.15. The lowest BCUT2D eigenvalue weighted by Crippen LogP contribution is -2.32. The largest absolute Gasteiger partial charge is 0.317 e. The monoisotopic (exact) mass is 211 g/mol. The maximum atomic E-state index is 3.54. The molecule has 0 spiro atoms. The molecule has 90 valence electrons. The molecule has 1 aliphatic carbocycles. The van der Waals surface area contributed by atoms with E-state index < -0.39 is 0 Å². The lowest BCUT2D eigenvalue weighted by Gasteiger charge is -2.24. The van der Waals surface area contributed by atoms with Crippen LogP contribution in [0.4, 0.5) is 0 Å². The Morgan fingerprint density at radius 2 is 1.93 bits per heavy atom. The smallest absolute Gasteiger partial charge is 0.00925 e. The topological polar surface area (TPSA) is 12.0 Å². The maximum Gasteiger partial charge on any atom is 0.00925 e. The number of nitrogens with one attached hydrogen (secondary N) is 1. The van der Waals surface area contributed by atoms with E-state index in [1.165, 1.54) is 38.5 Å². The van der Waals surface area contributed by atoms with Crippen molar-refractivity contribution in [3.63, 3.8) is 0 Å². The average Bonchev–Trinajstić information content (AvgIpc) is 2.67. The highest BCUT2D eigenvalue weighted by Crippen LogP contribution is 2.36. The van der Waals surface area contributed by atoms with E-state index in [1.807, 2.05) is 0 Å². The van der Waals surface area contributed by atoms with Crippen LogP contribution in [0.15, 0.2) is 0 Å². The number of rotatable bonds is 6. The molecule has 15 heavy (non-hydrogen) atoms. The van der Waals surface area contributed by atoms with E-state index in [9.17, 15) is 0 Å². The van der Waals surface area contributed by atoms with Gasteiger partial charge in [-0.15, -0.1) is 0 Å². The Morgan fingerprint density at radius 1 is 1.20 bits per heavy atom. The normalized spacial score (nSPS) is 28.6. The second kappa shape index (κ2) is 6.52. The van der Waals surface area contributed by atoms with Crippen molar-refractivity contribution in [2.45, 2.75) is 65.3 Å². The van der Waals surface area contributed by atoms with Gasteiger partial charge in [-0.25, -0.2) is 0 Å². The molecule has 1 rings (SSSR count). The third-order valence-corrected chi connectivity index (χ3v) is 4.15. The van der Waals surface area contributed by atoms with Crippen LogP contribution in [0.25, 0.3) is 0 Å². The first-order valence-electron chi connectivity index (χ1n) is 6.84. The zero-order chi connectivity index (χ0) is 11.3. The first kappa shape index (κ1) is 13.0. The van der Waals surface area contributed by atoms with E-state index in [-0.39, 0.29) is 0 Å². The molecule has 0 amide bonds. The molecule has 1 N–H and O–H groups in total. The van der Waals surface area contributed by atoms with Gasteiger partial charge < -0.3 is 5.32 Å². The van der Waals surface area contributed by atoms with E-state index in [0.29, 0.717) is 0 Å². The highest BCUT2D eigenvalue weighted by Gasteiger charge is 2.28. The van der Waals surface area contributed by atoms with Gasteiger partial charge in [0.2, 0.25) is 0 Å². The van der Waals surface area contributed by atoms with Crippen molar-refractivity contribution in [1.82, 2.24) is 5.32 Å². The second-order valence-electron chi connectivity index (χ2n) is 5.71. The van der Waals surface area contributed by atoms with Gasteiger partial charge in [0.1, 0.15) is 0 Å². The first-order valence-corrected chi connectivity index (χ1v) is 6.84. The summed E-state index contributed by atoms with van der Waals surface area (Å²) < 4.78 is 0. The van der Waals surface area contributed by atoms with Gasteiger partial charge in [0.15, 0.2) is 0 Å². The van der Waals surface area contributed by atoms with E-state index in [1.54, 1.807) is 0 Å². The van der Waals surface area contributed by atoms with Gasteiger partial charge in [0.05, 0.1) is 0 Å². The molecule has 0 saturated heterocycles. The quantitative estimate of drug-likeness (QED) is 0.704. The highest BCUT2D eigenvalue weighted by atomic mass is 14.9. The van der Waals surface area contributed by atoms with Crippen LogP contribution in [0.5, 0.6) is 0 Å². The minimum Gasteiger partial charge on any atom is -0.317 e. The Balaban J connectivity index is 2.32. The fourth-order valence-electron chi connectivity index (χ4n) is 2.98. The molecule has 0 aliphatic heterocycles. The van der Waals surface area contributed by atoms with Crippen LogP contribution in [-0.2, 0) is 0 Å². The zero-order valence-corrected chi connectivity index (χ0v) is 11.1. The van der Waals surface area contributed by atoms with Gasteiger partial charge >= 0.3 is 0 Å². The summed E-state index contributed by atoms with van der Waals surface area (Å²) >= 11 is 0. The predicted molar refractivity (Wildman–Crippen MR) is 68.0 cm³/mol. The number of hydrogen-bond acceptors (Lipinski definition) is 1. The van der Waals surface area contributed by atoms with E-state index in [0.717, 1.165) is 23.8 Å². The molecule has 0 aromatic carbocycles. The fraction of sp³-hybridized carbons (Fsp3) is 1.00. The van der Waals surface area contributed by atoms with Crippen molar-refractivity contribution in [3.05, 3.63) is 0 Å². The second-order valence-corrected chi connectivity index (χ2v) is 5.71. The van der Waals surface area contributed by atoms with Gasteiger partial charge in [-0.3, -0.25) is 0 Å². The van der Waals surface area contributed by atoms with Crippen LogP contribution in [0.3, 0.4) is 0 Å². The van der Waals surface area contributed by atoms with Gasteiger partial charge in [-0.2, -0.15) is 0 Å². The molecule has 1 heteroatoms. The van der Waals surface area contributed by atoms with Crippen molar-refractivity contribution in [2.75, 3.05) is 7.05 Å². The van der Waals surface area contributed by atoms with Gasteiger partial charge in [0, 0.05) is 6.04 Å². The minimum absolute atomic E-state index is 0.781. The Morgan fingerprint density at radius 3 is 2.40 bits per heavy atom. The molecule has 0 radical (unpaired) electrons. The van der Waals surface area contributed by atoms with E-state index in [4.69, 9.17) is 0 Å². The lowest BCUT2D eigenvalue weighted by atomic mass is 9.90. The molecular weight excluding hydrogens is 182 g/mol. The van der Waals surface area contributed by atoms with Crippen LogP contribution >= 0.6 is 0 Å². The van der Waals surface area contributed by atoms with E-state index >= 15 is 0 Å². The summed E-state index contributed by atoms with van der Waals surface area (Å²) in [5, 5.41) is 3.54. The summed E-state index contributed by atoms with van der Waals surface area (Å²) in [6.07, 6.45) is 8.54. The van der Waals surface area contributed by atoms with Crippen molar-refractivity contribution in [3.8, 4) is 0 Å².